The Morgan fingerprint density at radius 3 is 0.951 bits per heavy atom. The average Bonchev–Trinajstić information content (AvgIpc) is 3.51. The molecule has 1 saturated heterocycles. The number of hydrogen-bond acceptors (Lipinski definition) is 2. The molecule has 0 aromatic rings. The summed E-state index contributed by atoms with van der Waals surface area (Å²) >= 11 is 5.72. The van der Waals surface area contributed by atoms with Gasteiger partial charge in [-0.15, -0.1) is 11.6 Å². The van der Waals surface area contributed by atoms with E-state index in [1.807, 2.05) is 0 Å². The molecule has 41 heavy (non-hydrogen) atoms. The second-order valence-corrected chi connectivity index (χ2v) is 13.0. The summed E-state index contributed by atoms with van der Waals surface area (Å²) in [6.07, 6.45) is 50.8. The molecule has 0 radical (unpaired) electrons. The minimum Gasteiger partial charge on any atom is -0.350 e. The minimum absolute atomic E-state index is 0.101. The second kappa shape index (κ2) is 34.2. The van der Waals surface area contributed by atoms with Crippen molar-refractivity contribution in [3.05, 3.63) is 24.3 Å². The standard InChI is InChI=1S/C38H71ClO2/c39-35-33-31-29-27-25-23-21-19-17-15-13-11-9-7-5-3-1-2-4-6-8-10-12-14-16-18-20-22-24-26-28-30-32-34-38-40-36-37-41-38/h10,12-13,15,38H,1-9,11,14,16-37H2/b12-10+,15-13+. The van der Waals surface area contributed by atoms with Crippen LogP contribution in [0.3, 0.4) is 0 Å². The molecule has 1 rings (SSSR count). The Morgan fingerprint density at radius 2 is 0.634 bits per heavy atom. The molecule has 1 aliphatic heterocycles. The van der Waals surface area contributed by atoms with Crippen LogP contribution in [0.15, 0.2) is 24.3 Å². The molecule has 3 heteroatoms. The molecule has 1 heterocycles. The van der Waals surface area contributed by atoms with E-state index >= 15 is 0 Å². The Hall–Kier alpha value is -0.310. The van der Waals surface area contributed by atoms with E-state index in [2.05, 4.69) is 24.3 Å². The third-order valence-corrected chi connectivity index (χ3v) is 8.85. The summed E-state index contributed by atoms with van der Waals surface area (Å²) in [5.74, 6) is 0.835. The lowest BCUT2D eigenvalue weighted by Crippen LogP contribution is -2.06. The first-order valence-corrected chi connectivity index (χ1v) is 19.1. The van der Waals surface area contributed by atoms with Gasteiger partial charge in [0.2, 0.25) is 0 Å². The summed E-state index contributed by atoms with van der Waals surface area (Å²) in [4.78, 5) is 0. The number of hydrogen-bond donors (Lipinski definition) is 0. The van der Waals surface area contributed by atoms with Crippen LogP contribution in [0.25, 0.3) is 0 Å². The van der Waals surface area contributed by atoms with Crippen LogP contribution >= 0.6 is 11.6 Å². The highest BCUT2D eigenvalue weighted by molar-refractivity contribution is 6.17. The fraction of sp³-hybridized carbons (Fsp3) is 0.895. The average molecular weight is 595 g/mol. The summed E-state index contributed by atoms with van der Waals surface area (Å²) in [5, 5.41) is 0. The first-order chi connectivity index (χ1) is 20.4. The van der Waals surface area contributed by atoms with Gasteiger partial charge in [0, 0.05) is 5.88 Å². The zero-order chi connectivity index (χ0) is 29.2. The fourth-order valence-electron chi connectivity index (χ4n) is 5.86. The van der Waals surface area contributed by atoms with Gasteiger partial charge >= 0.3 is 0 Å². The van der Waals surface area contributed by atoms with Crippen molar-refractivity contribution in [1.29, 1.82) is 0 Å². The number of unbranched alkanes of at least 4 members (excludes halogenated alkanes) is 26. The molecular formula is C38H71ClO2. The Morgan fingerprint density at radius 1 is 0.366 bits per heavy atom. The zero-order valence-electron chi connectivity index (χ0n) is 27.4. The molecule has 0 saturated carbocycles. The maximum Gasteiger partial charge on any atom is 0.157 e. The van der Waals surface area contributed by atoms with Crippen molar-refractivity contribution in [1.82, 2.24) is 0 Å². The van der Waals surface area contributed by atoms with E-state index in [9.17, 15) is 0 Å². The van der Waals surface area contributed by atoms with Gasteiger partial charge in [-0.2, -0.15) is 0 Å². The van der Waals surface area contributed by atoms with Gasteiger partial charge < -0.3 is 9.47 Å². The SMILES string of the molecule is ClCCCCCCCCCC/C=C/CCCCCCCCCC/C=C/CCCCCCCCCCCC1OCCO1. The molecule has 1 aliphatic rings. The Bertz CT molecular complexity index is 540. The molecule has 2 nitrogen and oxygen atoms in total. The van der Waals surface area contributed by atoms with E-state index in [0.29, 0.717) is 0 Å². The second-order valence-electron chi connectivity index (χ2n) is 12.6. The number of ether oxygens (including phenoxy) is 2. The predicted octanol–water partition coefficient (Wildman–Crippen LogP) is 13.4. The highest BCUT2D eigenvalue weighted by Crippen LogP contribution is 2.16. The van der Waals surface area contributed by atoms with E-state index in [1.54, 1.807) is 0 Å². The molecule has 0 spiro atoms. The van der Waals surface area contributed by atoms with Gasteiger partial charge in [0.15, 0.2) is 6.29 Å². The number of rotatable bonds is 33. The Balaban J connectivity index is 1.65. The van der Waals surface area contributed by atoms with Gasteiger partial charge in [0.1, 0.15) is 0 Å². The smallest absolute Gasteiger partial charge is 0.157 e. The van der Waals surface area contributed by atoms with Crippen LogP contribution in [0.5, 0.6) is 0 Å². The maximum absolute atomic E-state index is 5.72. The van der Waals surface area contributed by atoms with Gasteiger partial charge in [0.05, 0.1) is 13.2 Å². The first-order valence-electron chi connectivity index (χ1n) is 18.5. The van der Waals surface area contributed by atoms with Gasteiger partial charge in [-0.05, 0) is 70.6 Å². The summed E-state index contributed by atoms with van der Waals surface area (Å²) in [6, 6.07) is 0. The van der Waals surface area contributed by atoms with Gasteiger partial charge in [0.25, 0.3) is 0 Å². The quantitative estimate of drug-likeness (QED) is 0.0427. The molecule has 0 bridgehead atoms. The van der Waals surface area contributed by atoms with Crippen molar-refractivity contribution in [2.75, 3.05) is 19.1 Å². The van der Waals surface area contributed by atoms with Crippen LogP contribution in [0.1, 0.15) is 193 Å². The summed E-state index contributed by atoms with van der Waals surface area (Å²) in [7, 11) is 0. The molecule has 0 amide bonds. The fourth-order valence-corrected chi connectivity index (χ4v) is 6.05. The molecule has 0 aromatic carbocycles. The molecule has 0 aromatic heterocycles. The predicted molar refractivity (Wildman–Crippen MR) is 183 cm³/mol. The van der Waals surface area contributed by atoms with E-state index in [-0.39, 0.29) is 6.29 Å². The normalized spacial score (nSPS) is 14.4. The summed E-state index contributed by atoms with van der Waals surface area (Å²) < 4.78 is 11.0. The van der Waals surface area contributed by atoms with Gasteiger partial charge in [-0.25, -0.2) is 0 Å². The number of alkyl halides is 1. The van der Waals surface area contributed by atoms with Crippen LogP contribution in [0.4, 0.5) is 0 Å². The largest absolute Gasteiger partial charge is 0.350 e. The zero-order valence-corrected chi connectivity index (χ0v) is 28.2. The van der Waals surface area contributed by atoms with Crippen LogP contribution in [-0.4, -0.2) is 25.4 Å². The lowest BCUT2D eigenvalue weighted by molar-refractivity contribution is -0.0480. The van der Waals surface area contributed by atoms with E-state index in [0.717, 1.165) is 25.5 Å². The lowest BCUT2D eigenvalue weighted by atomic mass is 10.0. The molecule has 0 atom stereocenters. The molecule has 1 fully saturated rings. The van der Waals surface area contributed by atoms with Crippen LogP contribution in [-0.2, 0) is 9.47 Å². The maximum atomic E-state index is 5.72. The number of allylic oxidation sites excluding steroid dienone is 4. The van der Waals surface area contributed by atoms with Crippen molar-refractivity contribution >= 4 is 11.6 Å². The Kier molecular flexibility index (Phi) is 32.3. The van der Waals surface area contributed by atoms with E-state index < -0.39 is 0 Å². The lowest BCUT2D eigenvalue weighted by Gasteiger charge is -2.08. The molecule has 0 unspecified atom stereocenters. The highest BCUT2D eigenvalue weighted by Gasteiger charge is 2.14. The third kappa shape index (κ3) is 30.9. The molecule has 0 N–H and O–H groups in total. The molecule has 242 valence electrons. The third-order valence-electron chi connectivity index (χ3n) is 8.58. The van der Waals surface area contributed by atoms with Gasteiger partial charge in [-0.1, -0.05) is 146 Å². The van der Waals surface area contributed by atoms with Crippen molar-refractivity contribution in [3.8, 4) is 0 Å². The van der Waals surface area contributed by atoms with Crippen molar-refractivity contribution < 1.29 is 9.47 Å². The van der Waals surface area contributed by atoms with Gasteiger partial charge in [-0.3, -0.25) is 0 Å². The highest BCUT2D eigenvalue weighted by atomic mass is 35.5. The molecular weight excluding hydrogens is 524 g/mol. The number of halogens is 1. The van der Waals surface area contributed by atoms with E-state index in [4.69, 9.17) is 21.1 Å². The Labute approximate surface area is 262 Å². The van der Waals surface area contributed by atoms with Crippen molar-refractivity contribution in [2.45, 2.75) is 199 Å². The monoisotopic (exact) mass is 595 g/mol. The van der Waals surface area contributed by atoms with E-state index in [1.165, 1.54) is 186 Å². The van der Waals surface area contributed by atoms with Crippen molar-refractivity contribution in [2.24, 2.45) is 0 Å². The molecule has 0 aliphatic carbocycles. The summed E-state index contributed by atoms with van der Waals surface area (Å²) in [6.45, 7) is 1.58. The minimum atomic E-state index is 0.101. The topological polar surface area (TPSA) is 18.5 Å². The van der Waals surface area contributed by atoms with Crippen LogP contribution in [0, 0.1) is 0 Å². The summed E-state index contributed by atoms with van der Waals surface area (Å²) in [5.41, 5.74) is 0. The van der Waals surface area contributed by atoms with Crippen LogP contribution < -0.4 is 0 Å². The van der Waals surface area contributed by atoms with Crippen molar-refractivity contribution in [3.63, 3.8) is 0 Å². The van der Waals surface area contributed by atoms with Crippen LogP contribution in [0.2, 0.25) is 0 Å². The first kappa shape index (κ1) is 38.7.